The van der Waals surface area contributed by atoms with Crippen LogP contribution < -0.4 is 0 Å². The van der Waals surface area contributed by atoms with E-state index in [1.165, 1.54) is 18.4 Å². The number of hydrogen-bond donors (Lipinski definition) is 0. The predicted octanol–water partition coefficient (Wildman–Crippen LogP) is 2.44. The summed E-state index contributed by atoms with van der Waals surface area (Å²) >= 11 is 0. The van der Waals surface area contributed by atoms with E-state index in [0.717, 1.165) is 0 Å². The Hall–Kier alpha value is -2.86. The van der Waals surface area contributed by atoms with E-state index < -0.39 is 12.1 Å². The van der Waals surface area contributed by atoms with Crippen molar-refractivity contribution in [1.82, 2.24) is 4.90 Å². The fraction of sp³-hybridized carbons (Fsp3) is 0.263. The zero-order chi connectivity index (χ0) is 17.5. The Labute approximate surface area is 145 Å². The van der Waals surface area contributed by atoms with E-state index in [2.05, 4.69) is 0 Å². The lowest BCUT2D eigenvalue weighted by atomic mass is 10.1. The van der Waals surface area contributed by atoms with Gasteiger partial charge >= 0.3 is 5.97 Å². The van der Waals surface area contributed by atoms with Crippen LogP contribution in [0, 0.1) is 0 Å². The minimum Gasteiger partial charge on any atom is -0.465 e. The van der Waals surface area contributed by atoms with Gasteiger partial charge in [0.1, 0.15) is 5.76 Å². The third-order valence-corrected chi connectivity index (χ3v) is 3.81. The molecule has 1 aromatic carbocycles. The van der Waals surface area contributed by atoms with E-state index in [1.807, 2.05) is 6.07 Å². The summed E-state index contributed by atoms with van der Waals surface area (Å²) in [4.78, 5) is 26.6. The first-order valence-electron chi connectivity index (χ1n) is 8.08. The molecule has 0 N–H and O–H groups in total. The number of carbonyl (C=O) groups is 2. The van der Waals surface area contributed by atoms with Crippen molar-refractivity contribution in [2.45, 2.75) is 6.10 Å². The summed E-state index contributed by atoms with van der Waals surface area (Å²) in [5, 5.41) is 0. The number of rotatable bonds is 5. The molecule has 0 aliphatic carbocycles. The minimum absolute atomic E-state index is 0.241. The molecule has 1 amide bonds. The summed E-state index contributed by atoms with van der Waals surface area (Å²) in [6.07, 6.45) is 3.29. The van der Waals surface area contributed by atoms with Crippen molar-refractivity contribution < 1.29 is 23.5 Å². The van der Waals surface area contributed by atoms with Gasteiger partial charge < -0.3 is 18.8 Å². The quantitative estimate of drug-likeness (QED) is 0.617. The Morgan fingerprint density at radius 2 is 1.84 bits per heavy atom. The van der Waals surface area contributed by atoms with Crippen LogP contribution in [-0.4, -0.2) is 43.1 Å². The van der Waals surface area contributed by atoms with Crippen LogP contribution in [-0.2, 0) is 19.1 Å². The van der Waals surface area contributed by atoms with E-state index in [1.54, 1.807) is 41.3 Å². The Morgan fingerprint density at radius 1 is 1.08 bits per heavy atom. The van der Waals surface area contributed by atoms with Gasteiger partial charge in [-0.1, -0.05) is 30.3 Å². The predicted molar refractivity (Wildman–Crippen MR) is 90.4 cm³/mol. The van der Waals surface area contributed by atoms with Crippen LogP contribution in [0.25, 0.3) is 6.08 Å². The van der Waals surface area contributed by atoms with Crippen molar-refractivity contribution in [2.24, 2.45) is 0 Å². The van der Waals surface area contributed by atoms with Crippen LogP contribution >= 0.6 is 0 Å². The second kappa shape index (κ2) is 8.30. The molecule has 2 aromatic rings. The SMILES string of the molecule is O=C(/C=C/c1ccco1)O[C@@H](C(=O)N1CCOCC1)c1ccccc1. The van der Waals surface area contributed by atoms with Crippen LogP contribution in [0.2, 0.25) is 0 Å². The maximum atomic E-state index is 12.8. The van der Waals surface area contributed by atoms with E-state index in [0.29, 0.717) is 37.6 Å². The second-order valence-corrected chi connectivity index (χ2v) is 5.51. The summed E-state index contributed by atoms with van der Waals surface area (Å²) in [6, 6.07) is 12.4. The Balaban J connectivity index is 1.74. The highest BCUT2D eigenvalue weighted by molar-refractivity contribution is 5.90. The van der Waals surface area contributed by atoms with Crippen LogP contribution in [0.1, 0.15) is 17.4 Å². The molecule has 1 aromatic heterocycles. The molecular formula is C19H19NO5. The fourth-order valence-electron chi connectivity index (χ4n) is 2.53. The summed E-state index contributed by atoms with van der Waals surface area (Å²) in [6.45, 7) is 1.95. The average Bonchev–Trinajstić information content (AvgIpc) is 3.19. The number of amides is 1. The van der Waals surface area contributed by atoms with Crippen molar-refractivity contribution in [2.75, 3.05) is 26.3 Å². The highest BCUT2D eigenvalue weighted by Gasteiger charge is 2.29. The third kappa shape index (κ3) is 4.58. The zero-order valence-corrected chi connectivity index (χ0v) is 13.7. The highest BCUT2D eigenvalue weighted by atomic mass is 16.5. The summed E-state index contributed by atoms with van der Waals surface area (Å²) in [5.74, 6) is -0.311. The largest absolute Gasteiger partial charge is 0.465 e. The van der Waals surface area contributed by atoms with Crippen LogP contribution in [0.15, 0.2) is 59.2 Å². The number of esters is 1. The Kier molecular flexibility index (Phi) is 5.64. The first-order chi connectivity index (χ1) is 12.2. The molecule has 1 aliphatic rings. The van der Waals surface area contributed by atoms with Crippen molar-refractivity contribution in [3.63, 3.8) is 0 Å². The van der Waals surface area contributed by atoms with Gasteiger partial charge in [-0.3, -0.25) is 4.79 Å². The number of furan rings is 1. The van der Waals surface area contributed by atoms with Gasteiger partial charge in [-0.2, -0.15) is 0 Å². The lowest BCUT2D eigenvalue weighted by molar-refractivity contribution is -0.159. The lowest BCUT2D eigenvalue weighted by Gasteiger charge is -2.30. The van der Waals surface area contributed by atoms with Crippen molar-refractivity contribution in [3.05, 3.63) is 66.1 Å². The summed E-state index contributed by atoms with van der Waals surface area (Å²) in [7, 11) is 0. The molecule has 0 radical (unpaired) electrons. The molecule has 0 saturated carbocycles. The van der Waals surface area contributed by atoms with E-state index in [-0.39, 0.29) is 5.91 Å². The Morgan fingerprint density at radius 3 is 2.52 bits per heavy atom. The van der Waals surface area contributed by atoms with Gasteiger partial charge in [0, 0.05) is 24.7 Å². The monoisotopic (exact) mass is 341 g/mol. The molecule has 1 saturated heterocycles. The molecular weight excluding hydrogens is 322 g/mol. The molecule has 0 bridgehead atoms. The average molecular weight is 341 g/mol. The Bertz CT molecular complexity index is 718. The van der Waals surface area contributed by atoms with Crippen molar-refractivity contribution in [1.29, 1.82) is 0 Å². The minimum atomic E-state index is -0.979. The smallest absolute Gasteiger partial charge is 0.332 e. The lowest BCUT2D eigenvalue weighted by Crippen LogP contribution is -2.44. The van der Waals surface area contributed by atoms with Gasteiger partial charge in [-0.05, 0) is 18.2 Å². The van der Waals surface area contributed by atoms with Gasteiger partial charge in [0.05, 0.1) is 19.5 Å². The molecule has 3 rings (SSSR count). The number of ether oxygens (including phenoxy) is 2. The number of benzene rings is 1. The van der Waals surface area contributed by atoms with Gasteiger partial charge in [0.15, 0.2) is 0 Å². The third-order valence-electron chi connectivity index (χ3n) is 3.81. The van der Waals surface area contributed by atoms with Gasteiger partial charge in [0.2, 0.25) is 6.10 Å². The van der Waals surface area contributed by atoms with Gasteiger partial charge in [-0.25, -0.2) is 4.79 Å². The topological polar surface area (TPSA) is 69.0 Å². The fourth-order valence-corrected chi connectivity index (χ4v) is 2.53. The number of nitrogens with zero attached hydrogens (tertiary/aromatic N) is 1. The normalized spacial score (nSPS) is 15.9. The number of hydrogen-bond acceptors (Lipinski definition) is 5. The van der Waals surface area contributed by atoms with Crippen LogP contribution in [0.4, 0.5) is 0 Å². The molecule has 1 aliphatic heterocycles. The second-order valence-electron chi connectivity index (χ2n) is 5.51. The number of carbonyl (C=O) groups excluding carboxylic acids is 2. The summed E-state index contributed by atoms with van der Waals surface area (Å²) < 4.78 is 15.9. The molecule has 25 heavy (non-hydrogen) atoms. The van der Waals surface area contributed by atoms with E-state index in [9.17, 15) is 9.59 Å². The molecule has 130 valence electrons. The molecule has 1 atom stereocenters. The van der Waals surface area contributed by atoms with Gasteiger partial charge in [-0.15, -0.1) is 0 Å². The van der Waals surface area contributed by atoms with Crippen LogP contribution in [0.5, 0.6) is 0 Å². The van der Waals surface area contributed by atoms with Crippen molar-refractivity contribution in [3.8, 4) is 0 Å². The molecule has 1 fully saturated rings. The summed E-state index contributed by atoms with van der Waals surface area (Å²) in [5.41, 5.74) is 0.638. The zero-order valence-electron chi connectivity index (χ0n) is 13.7. The molecule has 0 spiro atoms. The maximum Gasteiger partial charge on any atom is 0.332 e. The van der Waals surface area contributed by atoms with E-state index >= 15 is 0 Å². The van der Waals surface area contributed by atoms with Crippen LogP contribution in [0.3, 0.4) is 0 Å². The first-order valence-corrected chi connectivity index (χ1v) is 8.08. The van der Waals surface area contributed by atoms with Crippen molar-refractivity contribution >= 4 is 18.0 Å². The molecule has 2 heterocycles. The maximum absolute atomic E-state index is 12.8. The standard InChI is InChI=1S/C19H19NO5/c21-17(9-8-16-7-4-12-24-16)25-18(15-5-2-1-3-6-15)19(22)20-10-13-23-14-11-20/h1-9,12,18H,10-11,13-14H2/b9-8+/t18-/m1/s1. The van der Waals surface area contributed by atoms with E-state index in [4.69, 9.17) is 13.9 Å². The number of morpholine rings is 1. The molecule has 6 nitrogen and oxygen atoms in total. The first kappa shape index (κ1) is 17.0. The molecule has 0 unspecified atom stereocenters. The van der Waals surface area contributed by atoms with Gasteiger partial charge in [0.25, 0.3) is 5.91 Å². The molecule has 6 heteroatoms. The highest BCUT2D eigenvalue weighted by Crippen LogP contribution is 2.21.